The molecule has 114 valence electrons. The molecular weight excluding hydrogens is 314 g/mol. The fraction of sp³-hybridized carbons (Fsp3) is 0.417. The lowest BCUT2D eigenvalue weighted by Crippen LogP contribution is -2.30. The Balaban J connectivity index is 2.11. The van der Waals surface area contributed by atoms with E-state index in [1.165, 1.54) is 18.2 Å². The van der Waals surface area contributed by atoms with Crippen molar-refractivity contribution in [2.45, 2.75) is 11.3 Å². The molecule has 0 aliphatic carbocycles. The normalized spacial score (nSPS) is 21.0. The minimum absolute atomic E-state index is 0.00161. The first kappa shape index (κ1) is 15.8. The SMILES string of the molecule is N#Cc1ccc(S(=O)(=O)NCC2CCS(=O)(=O)C2)c(N)c1. The number of sulfonamides is 1. The first-order valence-corrected chi connectivity index (χ1v) is 9.54. The van der Waals surface area contributed by atoms with Crippen LogP contribution in [0.1, 0.15) is 12.0 Å². The van der Waals surface area contributed by atoms with Gasteiger partial charge in [0, 0.05) is 6.54 Å². The molecule has 1 fully saturated rings. The monoisotopic (exact) mass is 329 g/mol. The van der Waals surface area contributed by atoms with Gasteiger partial charge in [-0.05, 0) is 30.5 Å². The van der Waals surface area contributed by atoms with E-state index in [4.69, 9.17) is 11.0 Å². The highest BCUT2D eigenvalue weighted by atomic mass is 32.2. The second-order valence-electron chi connectivity index (χ2n) is 4.99. The second-order valence-corrected chi connectivity index (χ2v) is 8.95. The van der Waals surface area contributed by atoms with Gasteiger partial charge < -0.3 is 5.73 Å². The van der Waals surface area contributed by atoms with Crippen molar-refractivity contribution >= 4 is 25.5 Å². The van der Waals surface area contributed by atoms with Gasteiger partial charge in [0.15, 0.2) is 9.84 Å². The minimum atomic E-state index is -3.82. The van der Waals surface area contributed by atoms with Crippen molar-refractivity contribution in [1.29, 1.82) is 5.26 Å². The molecule has 1 aromatic carbocycles. The molecule has 7 nitrogen and oxygen atoms in total. The van der Waals surface area contributed by atoms with E-state index in [2.05, 4.69) is 4.72 Å². The van der Waals surface area contributed by atoms with Crippen LogP contribution in [0.3, 0.4) is 0 Å². The van der Waals surface area contributed by atoms with Gasteiger partial charge in [-0.15, -0.1) is 0 Å². The zero-order valence-corrected chi connectivity index (χ0v) is 12.7. The van der Waals surface area contributed by atoms with Crippen LogP contribution in [0.25, 0.3) is 0 Å². The molecule has 3 N–H and O–H groups in total. The fourth-order valence-electron chi connectivity index (χ4n) is 2.20. The molecular formula is C12H15N3O4S2. The number of anilines is 1. The van der Waals surface area contributed by atoms with Gasteiger partial charge in [0.1, 0.15) is 4.90 Å². The third-order valence-corrected chi connectivity index (χ3v) is 6.65. The summed E-state index contributed by atoms with van der Waals surface area (Å²) in [5.74, 6) is -0.124. The molecule has 1 aliphatic heterocycles. The number of hydrogen-bond acceptors (Lipinski definition) is 6. The summed E-state index contributed by atoms with van der Waals surface area (Å²) in [5, 5.41) is 8.72. The Bertz CT molecular complexity index is 794. The first-order valence-electron chi connectivity index (χ1n) is 6.23. The van der Waals surface area contributed by atoms with Crippen molar-refractivity contribution in [1.82, 2.24) is 4.72 Å². The molecule has 0 radical (unpaired) electrons. The van der Waals surface area contributed by atoms with Gasteiger partial charge >= 0.3 is 0 Å². The van der Waals surface area contributed by atoms with Gasteiger partial charge in [0.05, 0.1) is 28.8 Å². The molecule has 0 saturated carbocycles. The molecule has 1 saturated heterocycles. The minimum Gasteiger partial charge on any atom is -0.398 e. The van der Waals surface area contributed by atoms with Gasteiger partial charge in [0.25, 0.3) is 0 Å². The number of nitrogens with one attached hydrogen (secondary N) is 1. The van der Waals surface area contributed by atoms with E-state index in [9.17, 15) is 16.8 Å². The Morgan fingerprint density at radius 1 is 1.43 bits per heavy atom. The lowest BCUT2D eigenvalue weighted by atomic mass is 10.1. The van der Waals surface area contributed by atoms with Crippen molar-refractivity contribution in [3.8, 4) is 6.07 Å². The maximum absolute atomic E-state index is 12.1. The Morgan fingerprint density at radius 3 is 2.67 bits per heavy atom. The maximum Gasteiger partial charge on any atom is 0.242 e. The van der Waals surface area contributed by atoms with E-state index in [1.54, 1.807) is 0 Å². The van der Waals surface area contributed by atoms with Crippen LogP contribution in [-0.4, -0.2) is 34.9 Å². The summed E-state index contributed by atoms with van der Waals surface area (Å²) in [7, 11) is -6.86. The summed E-state index contributed by atoms with van der Waals surface area (Å²) in [6.45, 7) is 0.0566. The summed E-state index contributed by atoms with van der Waals surface area (Å²) in [6.07, 6.45) is 0.452. The Kier molecular flexibility index (Phi) is 4.22. The van der Waals surface area contributed by atoms with Crippen molar-refractivity contribution in [3.63, 3.8) is 0 Å². The zero-order valence-electron chi connectivity index (χ0n) is 11.1. The number of rotatable bonds is 4. The second kappa shape index (κ2) is 5.63. The molecule has 2 rings (SSSR count). The highest BCUT2D eigenvalue weighted by molar-refractivity contribution is 7.91. The van der Waals surface area contributed by atoms with Crippen LogP contribution < -0.4 is 10.5 Å². The van der Waals surface area contributed by atoms with Gasteiger partial charge in [-0.25, -0.2) is 21.6 Å². The summed E-state index contributed by atoms with van der Waals surface area (Å²) in [5.41, 5.74) is 5.90. The number of nitrogens with two attached hydrogens (primary N) is 1. The number of benzene rings is 1. The number of nitriles is 1. The van der Waals surface area contributed by atoms with E-state index in [0.29, 0.717) is 6.42 Å². The van der Waals surface area contributed by atoms with E-state index < -0.39 is 19.9 Å². The topological polar surface area (TPSA) is 130 Å². The van der Waals surface area contributed by atoms with E-state index in [-0.39, 0.29) is 40.1 Å². The van der Waals surface area contributed by atoms with Crippen molar-refractivity contribution in [3.05, 3.63) is 23.8 Å². The fourth-order valence-corrected chi connectivity index (χ4v) is 5.29. The summed E-state index contributed by atoms with van der Waals surface area (Å²) >= 11 is 0. The summed E-state index contributed by atoms with van der Waals surface area (Å²) in [4.78, 5) is -0.109. The third kappa shape index (κ3) is 3.72. The van der Waals surface area contributed by atoms with Crippen molar-refractivity contribution in [2.24, 2.45) is 5.92 Å². The molecule has 0 amide bonds. The Hall–Kier alpha value is -1.63. The van der Waals surface area contributed by atoms with Crippen LogP contribution in [0.5, 0.6) is 0 Å². The molecule has 1 aromatic rings. The molecule has 21 heavy (non-hydrogen) atoms. The van der Waals surface area contributed by atoms with Crippen molar-refractivity contribution < 1.29 is 16.8 Å². The number of nitrogens with zero attached hydrogens (tertiary/aromatic N) is 1. The molecule has 0 bridgehead atoms. The van der Waals surface area contributed by atoms with Crippen LogP contribution in [-0.2, 0) is 19.9 Å². The quantitative estimate of drug-likeness (QED) is 0.739. The highest BCUT2D eigenvalue weighted by Gasteiger charge is 2.29. The van der Waals surface area contributed by atoms with Crippen molar-refractivity contribution in [2.75, 3.05) is 23.8 Å². The zero-order chi connectivity index (χ0) is 15.7. The first-order chi connectivity index (χ1) is 9.73. The average Bonchev–Trinajstić information content (AvgIpc) is 2.75. The van der Waals surface area contributed by atoms with E-state index in [1.807, 2.05) is 6.07 Å². The predicted octanol–water partition coefficient (Wildman–Crippen LogP) is -0.147. The predicted molar refractivity (Wildman–Crippen MR) is 77.5 cm³/mol. The van der Waals surface area contributed by atoms with Crippen LogP contribution in [0.4, 0.5) is 5.69 Å². The molecule has 0 aromatic heterocycles. The van der Waals surface area contributed by atoms with Crippen LogP contribution in [0.2, 0.25) is 0 Å². The molecule has 9 heteroatoms. The third-order valence-electron chi connectivity index (χ3n) is 3.32. The number of sulfone groups is 1. The number of hydrogen-bond donors (Lipinski definition) is 2. The lowest BCUT2D eigenvalue weighted by molar-refractivity contribution is 0.543. The van der Waals surface area contributed by atoms with Gasteiger partial charge in [-0.2, -0.15) is 5.26 Å². The van der Waals surface area contributed by atoms with Gasteiger partial charge in [0.2, 0.25) is 10.0 Å². The largest absolute Gasteiger partial charge is 0.398 e. The summed E-state index contributed by atoms with van der Waals surface area (Å²) in [6, 6.07) is 5.79. The van der Waals surface area contributed by atoms with E-state index in [0.717, 1.165) is 0 Å². The molecule has 0 spiro atoms. The number of nitrogen functional groups attached to an aromatic ring is 1. The lowest BCUT2D eigenvalue weighted by Gasteiger charge is -2.12. The molecule has 1 unspecified atom stereocenters. The molecule has 1 heterocycles. The van der Waals surface area contributed by atoms with E-state index >= 15 is 0 Å². The van der Waals surface area contributed by atoms with Gasteiger partial charge in [-0.3, -0.25) is 0 Å². The smallest absolute Gasteiger partial charge is 0.242 e. The van der Waals surface area contributed by atoms with Gasteiger partial charge in [-0.1, -0.05) is 0 Å². The maximum atomic E-state index is 12.1. The van der Waals surface area contributed by atoms with Crippen LogP contribution >= 0.6 is 0 Å². The summed E-state index contributed by atoms with van der Waals surface area (Å²) < 4.78 is 49.3. The Labute approximate surface area is 123 Å². The Morgan fingerprint density at radius 2 is 2.14 bits per heavy atom. The highest BCUT2D eigenvalue weighted by Crippen LogP contribution is 2.21. The average molecular weight is 329 g/mol. The molecule has 1 aliphatic rings. The van der Waals surface area contributed by atoms with Crippen LogP contribution in [0.15, 0.2) is 23.1 Å². The molecule has 1 atom stereocenters. The van der Waals surface area contributed by atoms with Crippen LogP contribution in [0, 0.1) is 17.2 Å². The standard InChI is InChI=1S/C12H15N3O4S2/c13-6-9-1-2-12(11(14)5-9)21(18,19)15-7-10-3-4-20(16,17)8-10/h1-2,5,10,15H,3-4,7-8,14H2.